The third kappa shape index (κ3) is 4.14. The van der Waals surface area contributed by atoms with E-state index in [9.17, 15) is 5.11 Å². The molecule has 0 aliphatic carbocycles. The average Bonchev–Trinajstić information content (AvgIpc) is 3.18. The Morgan fingerprint density at radius 1 is 1.07 bits per heavy atom. The molecule has 4 heterocycles. The smallest absolute Gasteiger partial charge is 0.156 e. The second-order valence-corrected chi connectivity index (χ2v) is 6.59. The number of hydrogen-bond acceptors (Lipinski definition) is 8. The molecule has 0 radical (unpaired) electrons. The largest absolute Gasteiger partial charge is 0.395 e. The first kappa shape index (κ1) is 18.8. The molecule has 0 atom stereocenters. The van der Waals surface area contributed by atoms with Gasteiger partial charge in [0, 0.05) is 49.7 Å². The van der Waals surface area contributed by atoms with E-state index in [1.807, 2.05) is 55.5 Å². The third-order valence-corrected chi connectivity index (χ3v) is 4.59. The molecule has 0 bridgehead atoms. The van der Waals surface area contributed by atoms with Gasteiger partial charge in [0.05, 0.1) is 35.7 Å². The Morgan fingerprint density at radius 2 is 1.97 bits per heavy atom. The molecule has 0 aromatic carbocycles. The molecule has 0 amide bonds. The Morgan fingerprint density at radius 3 is 2.72 bits per heavy atom. The fourth-order valence-corrected chi connectivity index (χ4v) is 3.12. The topological polar surface area (TPSA) is 105 Å². The number of anilines is 3. The Hall–Kier alpha value is -3.59. The molecule has 9 heteroatoms. The lowest BCUT2D eigenvalue weighted by atomic mass is 10.1. The Labute approximate surface area is 168 Å². The van der Waals surface area contributed by atoms with Crippen molar-refractivity contribution in [2.75, 3.05) is 29.9 Å². The van der Waals surface area contributed by atoms with Gasteiger partial charge in [0.1, 0.15) is 5.82 Å². The standard InChI is InChI=1S/C20H22N8O/c1-3-28(6-7-29)16-9-20(26-22-12-16)25-19-5-4-17-18(24-19)8-14(10-21-17)15-11-23-27(2)13-15/h4-5,8-13,29H,3,6-7H2,1-2H3,(H,24,25,26). The number of likely N-dealkylation sites (N-methyl/N-ethyl adjacent to an activating group) is 1. The maximum atomic E-state index is 9.23. The number of aryl methyl sites for hydroxylation is 1. The molecule has 0 saturated heterocycles. The van der Waals surface area contributed by atoms with E-state index in [1.165, 1.54) is 0 Å². The molecule has 29 heavy (non-hydrogen) atoms. The number of rotatable bonds is 7. The molecule has 4 aromatic heterocycles. The summed E-state index contributed by atoms with van der Waals surface area (Å²) in [7, 11) is 1.88. The molecular weight excluding hydrogens is 368 g/mol. The molecule has 9 nitrogen and oxygen atoms in total. The number of aliphatic hydroxyl groups is 1. The number of aromatic nitrogens is 6. The van der Waals surface area contributed by atoms with Gasteiger partial charge in [0.25, 0.3) is 0 Å². The van der Waals surface area contributed by atoms with Gasteiger partial charge < -0.3 is 15.3 Å². The number of nitrogens with zero attached hydrogens (tertiary/aromatic N) is 7. The average molecular weight is 390 g/mol. The second-order valence-electron chi connectivity index (χ2n) is 6.59. The summed E-state index contributed by atoms with van der Waals surface area (Å²) in [6.07, 6.45) is 7.25. The lowest BCUT2D eigenvalue weighted by Gasteiger charge is -2.21. The molecular formula is C20H22N8O. The molecule has 0 aliphatic rings. The van der Waals surface area contributed by atoms with Crippen LogP contribution < -0.4 is 10.2 Å². The van der Waals surface area contributed by atoms with E-state index in [4.69, 9.17) is 0 Å². The van der Waals surface area contributed by atoms with E-state index in [0.29, 0.717) is 18.2 Å². The Kier molecular flexibility index (Phi) is 5.30. The van der Waals surface area contributed by atoms with E-state index in [2.05, 4.69) is 30.6 Å². The van der Waals surface area contributed by atoms with Gasteiger partial charge in [-0.25, -0.2) is 4.98 Å². The number of aliphatic hydroxyl groups excluding tert-OH is 1. The van der Waals surface area contributed by atoms with Crippen molar-refractivity contribution >= 4 is 28.4 Å². The zero-order valence-electron chi connectivity index (χ0n) is 16.3. The quantitative estimate of drug-likeness (QED) is 0.496. The number of fused-ring (bicyclic) bond motifs is 1. The summed E-state index contributed by atoms with van der Waals surface area (Å²) in [5, 5.41) is 24.8. The highest BCUT2D eigenvalue weighted by Crippen LogP contribution is 2.24. The second kappa shape index (κ2) is 8.19. The predicted molar refractivity (Wildman–Crippen MR) is 112 cm³/mol. The first-order chi connectivity index (χ1) is 14.2. The monoisotopic (exact) mass is 390 g/mol. The molecule has 0 fully saturated rings. The lowest BCUT2D eigenvalue weighted by molar-refractivity contribution is 0.302. The van der Waals surface area contributed by atoms with Crippen LogP contribution in [0.2, 0.25) is 0 Å². The highest BCUT2D eigenvalue weighted by Gasteiger charge is 2.08. The zero-order valence-corrected chi connectivity index (χ0v) is 16.3. The van der Waals surface area contributed by atoms with Crippen LogP contribution in [0.5, 0.6) is 0 Å². The Balaban J connectivity index is 1.61. The number of pyridine rings is 2. The van der Waals surface area contributed by atoms with Crippen molar-refractivity contribution in [3.05, 3.63) is 49.1 Å². The van der Waals surface area contributed by atoms with E-state index in [1.54, 1.807) is 17.1 Å². The minimum Gasteiger partial charge on any atom is -0.395 e. The van der Waals surface area contributed by atoms with Crippen molar-refractivity contribution in [3.63, 3.8) is 0 Å². The first-order valence-electron chi connectivity index (χ1n) is 9.37. The summed E-state index contributed by atoms with van der Waals surface area (Å²) in [6.45, 7) is 3.42. The molecule has 4 rings (SSSR count). The van der Waals surface area contributed by atoms with Crippen LogP contribution in [0.1, 0.15) is 6.92 Å². The van der Waals surface area contributed by atoms with Crippen LogP contribution in [-0.2, 0) is 7.05 Å². The maximum Gasteiger partial charge on any atom is 0.156 e. The minimum absolute atomic E-state index is 0.0808. The molecule has 2 N–H and O–H groups in total. The van der Waals surface area contributed by atoms with Gasteiger partial charge in [0.15, 0.2) is 5.82 Å². The van der Waals surface area contributed by atoms with E-state index >= 15 is 0 Å². The molecule has 148 valence electrons. The fourth-order valence-electron chi connectivity index (χ4n) is 3.12. The molecule has 0 spiro atoms. The van der Waals surface area contributed by atoms with Gasteiger partial charge in [-0.15, -0.1) is 5.10 Å². The highest BCUT2D eigenvalue weighted by atomic mass is 16.3. The van der Waals surface area contributed by atoms with Crippen LogP contribution in [-0.4, -0.2) is 54.7 Å². The fraction of sp³-hybridized carbons (Fsp3) is 0.250. The lowest BCUT2D eigenvalue weighted by Crippen LogP contribution is -2.26. The normalized spacial score (nSPS) is 11.0. The molecule has 4 aromatic rings. The van der Waals surface area contributed by atoms with E-state index in [-0.39, 0.29) is 6.61 Å². The third-order valence-electron chi connectivity index (χ3n) is 4.59. The first-order valence-corrected chi connectivity index (χ1v) is 9.37. The summed E-state index contributed by atoms with van der Waals surface area (Å²) in [4.78, 5) is 11.2. The van der Waals surface area contributed by atoms with Gasteiger partial charge in [0.2, 0.25) is 0 Å². The van der Waals surface area contributed by atoms with Crippen LogP contribution in [0, 0.1) is 0 Å². The van der Waals surface area contributed by atoms with Crippen LogP contribution in [0.15, 0.2) is 49.1 Å². The van der Waals surface area contributed by atoms with Crippen LogP contribution in [0.3, 0.4) is 0 Å². The predicted octanol–water partition coefficient (Wildman–Crippen LogP) is 2.38. The highest BCUT2D eigenvalue weighted by molar-refractivity contribution is 5.81. The number of hydrogen-bond donors (Lipinski definition) is 2. The van der Waals surface area contributed by atoms with Crippen LogP contribution >= 0.6 is 0 Å². The minimum atomic E-state index is 0.0808. The van der Waals surface area contributed by atoms with Crippen molar-refractivity contribution in [1.29, 1.82) is 0 Å². The summed E-state index contributed by atoms with van der Waals surface area (Å²) in [5.74, 6) is 1.24. The van der Waals surface area contributed by atoms with E-state index in [0.717, 1.165) is 34.4 Å². The summed E-state index contributed by atoms with van der Waals surface area (Å²) < 4.78 is 1.76. The van der Waals surface area contributed by atoms with Gasteiger partial charge in [-0.05, 0) is 25.1 Å². The van der Waals surface area contributed by atoms with Crippen molar-refractivity contribution in [1.82, 2.24) is 29.9 Å². The molecule has 0 saturated carbocycles. The van der Waals surface area contributed by atoms with Crippen molar-refractivity contribution < 1.29 is 5.11 Å². The maximum absolute atomic E-state index is 9.23. The van der Waals surface area contributed by atoms with Crippen molar-refractivity contribution in [2.45, 2.75) is 6.92 Å². The van der Waals surface area contributed by atoms with E-state index < -0.39 is 0 Å². The van der Waals surface area contributed by atoms with Crippen molar-refractivity contribution in [3.8, 4) is 11.1 Å². The van der Waals surface area contributed by atoms with Gasteiger partial charge in [-0.3, -0.25) is 9.67 Å². The molecule has 0 aliphatic heterocycles. The summed E-state index contributed by atoms with van der Waals surface area (Å²) in [5.41, 5.74) is 4.42. The van der Waals surface area contributed by atoms with Crippen LogP contribution in [0.4, 0.5) is 17.3 Å². The zero-order chi connectivity index (χ0) is 20.2. The Bertz CT molecular complexity index is 1130. The van der Waals surface area contributed by atoms with Crippen LogP contribution in [0.25, 0.3) is 22.2 Å². The van der Waals surface area contributed by atoms with Crippen molar-refractivity contribution in [2.24, 2.45) is 7.05 Å². The number of nitrogens with one attached hydrogen (secondary N) is 1. The SMILES string of the molecule is CCN(CCO)c1cnnc(Nc2ccc3ncc(-c4cnn(C)c4)cc3n2)c1. The van der Waals surface area contributed by atoms with Gasteiger partial charge in [-0.1, -0.05) is 0 Å². The van der Waals surface area contributed by atoms with Gasteiger partial charge in [-0.2, -0.15) is 10.2 Å². The molecule has 0 unspecified atom stereocenters. The van der Waals surface area contributed by atoms with Gasteiger partial charge >= 0.3 is 0 Å². The summed E-state index contributed by atoms with van der Waals surface area (Å²) in [6, 6.07) is 7.66. The summed E-state index contributed by atoms with van der Waals surface area (Å²) >= 11 is 0.